The van der Waals surface area contributed by atoms with Crippen molar-refractivity contribution in [1.82, 2.24) is 5.32 Å². The maximum absolute atomic E-state index is 13.5. The van der Waals surface area contributed by atoms with Crippen molar-refractivity contribution in [3.05, 3.63) is 77.9 Å². The molecule has 1 N–H and O–H groups in total. The number of benzene rings is 3. The fourth-order valence-corrected chi connectivity index (χ4v) is 5.33. The van der Waals surface area contributed by atoms with Gasteiger partial charge in [0.2, 0.25) is 0 Å². The number of anilines is 1. The van der Waals surface area contributed by atoms with Gasteiger partial charge in [0.1, 0.15) is 23.9 Å². The van der Waals surface area contributed by atoms with Crippen LogP contribution < -0.4 is 23.8 Å². The van der Waals surface area contributed by atoms with Crippen molar-refractivity contribution in [3.8, 4) is 17.2 Å². The van der Waals surface area contributed by atoms with E-state index in [4.69, 9.17) is 14.2 Å². The highest BCUT2D eigenvalue weighted by Gasteiger charge is 2.37. The van der Waals surface area contributed by atoms with E-state index in [1.165, 1.54) is 23.5 Å². The van der Waals surface area contributed by atoms with Gasteiger partial charge in [0.15, 0.2) is 6.10 Å². The second-order valence-corrected chi connectivity index (χ2v) is 10.1. The summed E-state index contributed by atoms with van der Waals surface area (Å²) in [6, 6.07) is 18.8. The molecule has 1 aliphatic heterocycles. The van der Waals surface area contributed by atoms with Gasteiger partial charge in [0, 0.05) is 0 Å². The molecule has 9 heteroatoms. The van der Waals surface area contributed by atoms with Gasteiger partial charge in [-0.3, -0.25) is 9.10 Å². The van der Waals surface area contributed by atoms with E-state index in [9.17, 15) is 13.2 Å². The van der Waals surface area contributed by atoms with Gasteiger partial charge in [-0.1, -0.05) is 29.8 Å². The molecule has 1 aliphatic rings. The van der Waals surface area contributed by atoms with Crippen LogP contribution >= 0.6 is 0 Å². The Morgan fingerprint density at radius 1 is 1.09 bits per heavy atom. The number of hydrogen-bond acceptors (Lipinski definition) is 6. The van der Waals surface area contributed by atoms with Crippen LogP contribution in [0.25, 0.3) is 0 Å². The first-order valence-corrected chi connectivity index (χ1v) is 12.6. The second-order valence-electron chi connectivity index (χ2n) is 8.19. The minimum absolute atomic E-state index is 0.0935. The number of aryl methyl sites for hydroxylation is 2. The van der Waals surface area contributed by atoms with E-state index in [1.807, 2.05) is 32.0 Å². The van der Waals surface area contributed by atoms with Crippen LogP contribution in [0.2, 0.25) is 0 Å². The Morgan fingerprint density at radius 2 is 1.83 bits per heavy atom. The number of nitrogens with one attached hydrogen (secondary N) is 1. The first kappa shape index (κ1) is 24.4. The summed E-state index contributed by atoms with van der Waals surface area (Å²) in [5, 5.41) is 2.78. The van der Waals surface area contributed by atoms with Crippen LogP contribution in [0.3, 0.4) is 0 Å². The van der Waals surface area contributed by atoms with Crippen LogP contribution in [-0.4, -0.2) is 47.2 Å². The number of carbonyl (C=O) groups is 1. The Morgan fingerprint density at radius 3 is 2.54 bits per heavy atom. The van der Waals surface area contributed by atoms with Gasteiger partial charge in [0.05, 0.1) is 30.8 Å². The highest BCUT2D eigenvalue weighted by Crippen LogP contribution is 2.37. The molecule has 8 nitrogen and oxygen atoms in total. The summed E-state index contributed by atoms with van der Waals surface area (Å²) in [6.07, 6.45) is -1.01. The third kappa shape index (κ3) is 5.35. The molecule has 0 fully saturated rings. The quantitative estimate of drug-likeness (QED) is 0.480. The molecule has 0 radical (unpaired) electrons. The monoisotopic (exact) mass is 496 g/mol. The Hall–Kier alpha value is -3.72. The summed E-state index contributed by atoms with van der Waals surface area (Å²) in [5.74, 6) is 1.21. The van der Waals surface area contributed by atoms with Crippen molar-refractivity contribution in [2.75, 3.05) is 31.1 Å². The fourth-order valence-electron chi connectivity index (χ4n) is 3.85. The molecule has 0 spiro atoms. The van der Waals surface area contributed by atoms with Crippen molar-refractivity contribution < 1.29 is 27.4 Å². The van der Waals surface area contributed by atoms with Crippen LogP contribution in [0.15, 0.2) is 71.6 Å². The molecule has 0 unspecified atom stereocenters. The summed E-state index contributed by atoms with van der Waals surface area (Å²) in [4.78, 5) is 13.0. The normalized spacial score (nSPS) is 15.1. The maximum Gasteiger partial charge on any atom is 0.264 e. The summed E-state index contributed by atoms with van der Waals surface area (Å²) in [5.41, 5.74) is 2.54. The van der Waals surface area contributed by atoms with Crippen LogP contribution in [0, 0.1) is 13.8 Å². The first-order valence-electron chi connectivity index (χ1n) is 11.2. The standard InChI is InChI=1S/C26H28N2O6S/c1-18-8-13-23(19(2)16-18)33-15-14-27-26(29)25-17-28(22-6-4-5-7-24(22)34-25)35(30,31)21-11-9-20(32-3)10-12-21/h4-13,16,25H,14-15,17H2,1-3H3,(H,27,29)/t25-/m0/s1. The third-order valence-corrected chi connectivity index (χ3v) is 7.46. The predicted octanol–water partition coefficient (Wildman–Crippen LogP) is 3.46. The lowest BCUT2D eigenvalue weighted by Gasteiger charge is -2.34. The number of hydrogen-bond donors (Lipinski definition) is 1. The number of carbonyl (C=O) groups excluding carboxylic acids is 1. The molecule has 0 bridgehead atoms. The highest BCUT2D eigenvalue weighted by atomic mass is 32.2. The minimum atomic E-state index is -3.94. The SMILES string of the molecule is COc1ccc(S(=O)(=O)N2C[C@@H](C(=O)NCCOc3ccc(C)cc3C)Oc3ccccc32)cc1. The van der Waals surface area contributed by atoms with E-state index in [2.05, 4.69) is 5.32 Å². The molecule has 1 atom stereocenters. The van der Waals surface area contributed by atoms with Gasteiger partial charge in [-0.25, -0.2) is 8.42 Å². The average molecular weight is 497 g/mol. The molecular weight excluding hydrogens is 468 g/mol. The Labute approximate surface area is 205 Å². The van der Waals surface area contributed by atoms with E-state index in [1.54, 1.807) is 36.4 Å². The van der Waals surface area contributed by atoms with Gasteiger partial charge < -0.3 is 19.5 Å². The van der Waals surface area contributed by atoms with Crippen LogP contribution in [-0.2, 0) is 14.8 Å². The molecule has 184 valence electrons. The zero-order chi connectivity index (χ0) is 25.0. The minimum Gasteiger partial charge on any atom is -0.497 e. The van der Waals surface area contributed by atoms with Gasteiger partial charge in [-0.15, -0.1) is 0 Å². The van der Waals surface area contributed by atoms with Gasteiger partial charge in [-0.2, -0.15) is 0 Å². The molecule has 0 saturated carbocycles. The molecule has 35 heavy (non-hydrogen) atoms. The molecule has 0 aliphatic carbocycles. The number of fused-ring (bicyclic) bond motifs is 1. The zero-order valence-corrected chi connectivity index (χ0v) is 20.7. The second kappa shape index (κ2) is 10.3. The molecule has 3 aromatic rings. The predicted molar refractivity (Wildman–Crippen MR) is 133 cm³/mol. The third-order valence-electron chi connectivity index (χ3n) is 5.66. The summed E-state index contributed by atoms with van der Waals surface area (Å²) in [6.45, 7) is 4.34. The fraction of sp³-hybridized carbons (Fsp3) is 0.269. The topological polar surface area (TPSA) is 94.2 Å². The van der Waals surface area contributed by atoms with Crippen LogP contribution in [0.5, 0.6) is 17.2 Å². The van der Waals surface area contributed by atoms with Gasteiger partial charge in [0.25, 0.3) is 15.9 Å². The van der Waals surface area contributed by atoms with E-state index < -0.39 is 22.0 Å². The lowest BCUT2D eigenvalue weighted by atomic mass is 10.1. The smallest absolute Gasteiger partial charge is 0.264 e. The summed E-state index contributed by atoms with van der Waals surface area (Å²) < 4.78 is 44.9. The number of methoxy groups -OCH3 is 1. The molecule has 1 amide bonds. The summed E-state index contributed by atoms with van der Waals surface area (Å²) in [7, 11) is -2.43. The van der Waals surface area contributed by atoms with E-state index >= 15 is 0 Å². The Bertz CT molecular complexity index is 1310. The lowest BCUT2D eigenvalue weighted by molar-refractivity contribution is -0.127. The van der Waals surface area contributed by atoms with E-state index in [0.29, 0.717) is 17.2 Å². The number of rotatable bonds is 8. The zero-order valence-electron chi connectivity index (χ0n) is 19.9. The van der Waals surface area contributed by atoms with Crippen molar-refractivity contribution >= 4 is 21.6 Å². The Kier molecular flexibility index (Phi) is 7.16. The number of ether oxygens (including phenoxy) is 3. The van der Waals surface area contributed by atoms with Crippen molar-refractivity contribution in [1.29, 1.82) is 0 Å². The molecule has 0 aromatic heterocycles. The summed E-state index contributed by atoms with van der Waals surface area (Å²) >= 11 is 0. The number of sulfonamides is 1. The first-order chi connectivity index (χ1) is 16.8. The van der Waals surface area contributed by atoms with Crippen molar-refractivity contribution in [2.24, 2.45) is 0 Å². The average Bonchev–Trinajstić information content (AvgIpc) is 2.86. The Balaban J connectivity index is 1.46. The molecule has 4 rings (SSSR count). The van der Waals surface area contributed by atoms with E-state index in [-0.39, 0.29) is 24.6 Å². The molecule has 3 aromatic carbocycles. The number of nitrogens with zero attached hydrogens (tertiary/aromatic N) is 1. The number of amides is 1. The van der Waals surface area contributed by atoms with Crippen LogP contribution in [0.1, 0.15) is 11.1 Å². The molecule has 0 saturated heterocycles. The lowest BCUT2D eigenvalue weighted by Crippen LogP contribution is -2.51. The molecular formula is C26H28N2O6S. The van der Waals surface area contributed by atoms with Crippen molar-refractivity contribution in [3.63, 3.8) is 0 Å². The van der Waals surface area contributed by atoms with Gasteiger partial charge in [-0.05, 0) is 61.9 Å². The maximum atomic E-state index is 13.5. The van der Waals surface area contributed by atoms with Crippen LogP contribution in [0.4, 0.5) is 5.69 Å². The van der Waals surface area contributed by atoms with Crippen molar-refractivity contribution in [2.45, 2.75) is 24.8 Å². The molecule has 1 heterocycles. The van der Waals surface area contributed by atoms with Gasteiger partial charge >= 0.3 is 0 Å². The largest absolute Gasteiger partial charge is 0.497 e. The highest BCUT2D eigenvalue weighted by molar-refractivity contribution is 7.92. The number of para-hydroxylation sites is 2. The van der Waals surface area contributed by atoms with E-state index in [0.717, 1.165) is 16.9 Å².